The molecule has 0 aliphatic carbocycles. The number of rotatable bonds is 8. The van der Waals surface area contributed by atoms with Crippen LogP contribution in [0.15, 0.2) is 52.5 Å². The van der Waals surface area contributed by atoms with Crippen LogP contribution in [0.1, 0.15) is 43.0 Å². The summed E-state index contributed by atoms with van der Waals surface area (Å²) in [4.78, 5) is 17.1. The molecule has 2 heterocycles. The van der Waals surface area contributed by atoms with Crippen molar-refractivity contribution in [3.8, 4) is 5.75 Å². The van der Waals surface area contributed by atoms with Crippen LogP contribution in [-0.4, -0.2) is 18.5 Å². The molecule has 0 unspecified atom stereocenters. The highest BCUT2D eigenvalue weighted by atomic mass is 32.1. The average molecular weight is 355 g/mol. The molecule has 2 aromatic rings. The summed E-state index contributed by atoms with van der Waals surface area (Å²) in [6.45, 7) is 2.93. The third kappa shape index (κ3) is 4.79. The van der Waals surface area contributed by atoms with E-state index in [4.69, 9.17) is 9.47 Å². The van der Waals surface area contributed by atoms with Crippen molar-refractivity contribution in [3.05, 3.63) is 57.9 Å². The van der Waals surface area contributed by atoms with Crippen molar-refractivity contribution in [2.75, 3.05) is 6.61 Å². The van der Waals surface area contributed by atoms with Gasteiger partial charge in [-0.1, -0.05) is 44.4 Å². The van der Waals surface area contributed by atoms with Crippen LogP contribution in [0.5, 0.6) is 5.75 Å². The molecule has 0 saturated carbocycles. The summed E-state index contributed by atoms with van der Waals surface area (Å²) in [5.74, 6) is 0.799. The highest BCUT2D eigenvalue weighted by Crippen LogP contribution is 2.22. The number of carbonyl (C=O) groups excluding carboxylic acids is 1. The number of ether oxygens (including phenoxy) is 2. The van der Waals surface area contributed by atoms with Crippen LogP contribution in [0.3, 0.4) is 0 Å². The predicted molar refractivity (Wildman–Crippen MR) is 101 cm³/mol. The van der Waals surface area contributed by atoms with Crippen molar-refractivity contribution in [3.63, 3.8) is 0 Å². The van der Waals surface area contributed by atoms with Crippen LogP contribution in [0.4, 0.5) is 0 Å². The maximum absolute atomic E-state index is 12.0. The van der Waals surface area contributed by atoms with Gasteiger partial charge in [-0.05, 0) is 41.6 Å². The molecule has 5 heteroatoms. The Balaban J connectivity index is 1.60. The van der Waals surface area contributed by atoms with Gasteiger partial charge in [0.1, 0.15) is 5.75 Å². The molecule has 0 saturated heterocycles. The van der Waals surface area contributed by atoms with Crippen molar-refractivity contribution < 1.29 is 14.3 Å². The van der Waals surface area contributed by atoms with Gasteiger partial charge < -0.3 is 9.47 Å². The number of esters is 1. The van der Waals surface area contributed by atoms with Crippen molar-refractivity contribution >= 4 is 29.3 Å². The van der Waals surface area contributed by atoms with Gasteiger partial charge in [0.2, 0.25) is 5.90 Å². The van der Waals surface area contributed by atoms with Crippen molar-refractivity contribution in [2.24, 2.45) is 4.99 Å². The summed E-state index contributed by atoms with van der Waals surface area (Å²) < 4.78 is 11.0. The maximum Gasteiger partial charge on any atom is 0.363 e. The first-order valence-corrected chi connectivity index (χ1v) is 9.43. The lowest BCUT2D eigenvalue weighted by molar-refractivity contribution is -0.129. The van der Waals surface area contributed by atoms with Crippen LogP contribution >= 0.6 is 11.3 Å². The highest BCUT2D eigenvalue weighted by molar-refractivity contribution is 7.12. The number of hydrogen-bond donors (Lipinski definition) is 0. The molecule has 1 aliphatic heterocycles. The van der Waals surface area contributed by atoms with E-state index in [1.165, 1.54) is 30.6 Å². The van der Waals surface area contributed by atoms with E-state index in [-0.39, 0.29) is 0 Å². The van der Waals surface area contributed by atoms with E-state index in [1.807, 2.05) is 41.8 Å². The Bertz CT molecular complexity index is 761. The largest absolute Gasteiger partial charge is 0.494 e. The number of thiophene rings is 1. The Morgan fingerprint density at radius 3 is 2.72 bits per heavy atom. The first-order valence-electron chi connectivity index (χ1n) is 8.55. The molecule has 25 heavy (non-hydrogen) atoms. The standard InChI is InChI=1S/C20H21NO3S/c1-2-3-4-5-12-23-16-10-8-15(9-11-16)14-17-20(22)24-19(21-17)18-7-6-13-25-18/h6-11,13-14H,2-5,12H2,1H3/b17-14+. The average Bonchev–Trinajstić information content (AvgIpc) is 3.27. The zero-order chi connectivity index (χ0) is 17.5. The van der Waals surface area contributed by atoms with E-state index in [0.29, 0.717) is 11.6 Å². The molecule has 0 radical (unpaired) electrons. The van der Waals surface area contributed by atoms with E-state index in [9.17, 15) is 4.79 Å². The molecule has 4 nitrogen and oxygen atoms in total. The van der Waals surface area contributed by atoms with Crippen molar-refractivity contribution in [1.29, 1.82) is 0 Å². The monoisotopic (exact) mass is 355 g/mol. The number of cyclic esters (lactones) is 1. The fraction of sp³-hybridized carbons (Fsp3) is 0.300. The number of nitrogens with zero attached hydrogens (tertiary/aromatic N) is 1. The van der Waals surface area contributed by atoms with Crippen LogP contribution in [-0.2, 0) is 9.53 Å². The molecule has 3 rings (SSSR count). The second-order valence-corrected chi connectivity index (χ2v) is 6.74. The summed E-state index contributed by atoms with van der Waals surface area (Å²) in [6.07, 6.45) is 6.48. The van der Waals surface area contributed by atoms with Gasteiger partial charge in [-0.3, -0.25) is 0 Å². The van der Waals surface area contributed by atoms with Gasteiger partial charge in [-0.15, -0.1) is 11.3 Å². The third-order valence-corrected chi connectivity index (χ3v) is 4.66. The minimum absolute atomic E-state index is 0.316. The maximum atomic E-state index is 12.0. The smallest absolute Gasteiger partial charge is 0.363 e. The van der Waals surface area contributed by atoms with Crippen LogP contribution in [0.2, 0.25) is 0 Å². The third-order valence-electron chi connectivity index (χ3n) is 3.80. The molecule has 0 atom stereocenters. The second kappa shape index (κ2) is 8.62. The Morgan fingerprint density at radius 1 is 1.16 bits per heavy atom. The number of carbonyl (C=O) groups is 1. The molecular formula is C20H21NO3S. The van der Waals surface area contributed by atoms with Gasteiger partial charge in [0, 0.05) is 0 Å². The van der Waals surface area contributed by atoms with E-state index >= 15 is 0 Å². The molecule has 1 aromatic heterocycles. The summed E-state index contributed by atoms with van der Waals surface area (Å²) in [6, 6.07) is 11.4. The number of aliphatic imine (C=N–C) groups is 1. The van der Waals surface area contributed by atoms with Crippen molar-refractivity contribution in [1.82, 2.24) is 0 Å². The minimum atomic E-state index is -0.417. The van der Waals surface area contributed by atoms with Crippen LogP contribution < -0.4 is 4.74 Å². The number of hydrogen-bond acceptors (Lipinski definition) is 5. The predicted octanol–water partition coefficient (Wildman–Crippen LogP) is 5.05. The topological polar surface area (TPSA) is 47.9 Å². The van der Waals surface area contributed by atoms with E-state index in [1.54, 1.807) is 6.08 Å². The molecule has 1 aromatic carbocycles. The van der Waals surface area contributed by atoms with E-state index in [0.717, 1.165) is 29.2 Å². The summed E-state index contributed by atoms with van der Waals surface area (Å²) >= 11 is 1.49. The zero-order valence-electron chi connectivity index (χ0n) is 14.2. The summed E-state index contributed by atoms with van der Waals surface area (Å²) in [5.41, 5.74) is 1.21. The second-order valence-electron chi connectivity index (χ2n) is 5.79. The van der Waals surface area contributed by atoms with Gasteiger partial charge in [0.05, 0.1) is 11.5 Å². The Labute approximate surface area is 151 Å². The lowest BCUT2D eigenvalue weighted by Crippen LogP contribution is -2.03. The van der Waals surface area contributed by atoms with Crippen molar-refractivity contribution in [2.45, 2.75) is 32.6 Å². The Kier molecular flexibility index (Phi) is 6.01. The van der Waals surface area contributed by atoms with Crippen LogP contribution in [0.25, 0.3) is 6.08 Å². The molecule has 0 amide bonds. The summed E-state index contributed by atoms with van der Waals surface area (Å²) in [5, 5.41) is 1.92. The molecule has 1 aliphatic rings. The molecular weight excluding hydrogens is 334 g/mol. The summed E-state index contributed by atoms with van der Waals surface area (Å²) in [7, 11) is 0. The van der Waals surface area contributed by atoms with Gasteiger partial charge in [0.15, 0.2) is 5.70 Å². The van der Waals surface area contributed by atoms with Gasteiger partial charge >= 0.3 is 5.97 Å². The fourth-order valence-electron chi connectivity index (χ4n) is 2.45. The van der Waals surface area contributed by atoms with Gasteiger partial charge in [-0.25, -0.2) is 9.79 Å². The highest BCUT2D eigenvalue weighted by Gasteiger charge is 2.24. The number of benzene rings is 1. The number of unbranched alkanes of at least 4 members (excludes halogenated alkanes) is 3. The van der Waals surface area contributed by atoms with E-state index in [2.05, 4.69) is 11.9 Å². The zero-order valence-corrected chi connectivity index (χ0v) is 15.1. The normalized spacial score (nSPS) is 15.3. The fourth-order valence-corrected chi connectivity index (χ4v) is 3.10. The quantitative estimate of drug-likeness (QED) is 0.378. The van der Waals surface area contributed by atoms with Gasteiger partial charge in [-0.2, -0.15) is 0 Å². The lowest BCUT2D eigenvalue weighted by Gasteiger charge is -2.06. The van der Waals surface area contributed by atoms with Crippen LogP contribution in [0, 0.1) is 0 Å². The lowest BCUT2D eigenvalue weighted by atomic mass is 10.2. The SMILES string of the molecule is CCCCCCOc1ccc(/C=C2/N=C(c3cccs3)OC2=O)cc1. The van der Waals surface area contributed by atoms with Gasteiger partial charge in [0.25, 0.3) is 0 Å². The molecule has 130 valence electrons. The molecule has 0 spiro atoms. The Hall–Kier alpha value is -2.40. The Morgan fingerprint density at radius 2 is 2.00 bits per heavy atom. The first-order chi connectivity index (χ1) is 12.3. The minimum Gasteiger partial charge on any atom is -0.494 e. The molecule has 0 N–H and O–H groups in total. The first kappa shape index (κ1) is 17.4. The van der Waals surface area contributed by atoms with E-state index < -0.39 is 5.97 Å². The molecule has 0 bridgehead atoms. The molecule has 0 fully saturated rings.